The number of hydrogen-bond donors (Lipinski definition) is 1. The van der Waals surface area contributed by atoms with Gasteiger partial charge in [-0.15, -0.1) is 0 Å². The van der Waals surface area contributed by atoms with Crippen LogP contribution in [0.25, 0.3) is 0 Å². The molecule has 2 rings (SSSR count). The Morgan fingerprint density at radius 3 is 2.61 bits per heavy atom. The second-order valence-corrected chi connectivity index (χ2v) is 6.03. The topological polar surface area (TPSA) is 12.0 Å². The Kier molecular flexibility index (Phi) is 4.45. The summed E-state index contributed by atoms with van der Waals surface area (Å²) in [4.78, 5) is 0. The third-order valence-electron chi connectivity index (χ3n) is 4.19. The fourth-order valence-corrected chi connectivity index (χ4v) is 2.78. The fourth-order valence-electron chi connectivity index (χ4n) is 2.78. The molecule has 18 heavy (non-hydrogen) atoms. The van der Waals surface area contributed by atoms with E-state index >= 15 is 0 Å². The van der Waals surface area contributed by atoms with Gasteiger partial charge in [0, 0.05) is 12.1 Å². The van der Waals surface area contributed by atoms with Crippen molar-refractivity contribution in [3.8, 4) is 0 Å². The van der Waals surface area contributed by atoms with Crippen LogP contribution >= 0.6 is 0 Å². The van der Waals surface area contributed by atoms with E-state index in [1.165, 1.54) is 42.4 Å². The molecule has 1 aromatic carbocycles. The first kappa shape index (κ1) is 13.6. The molecule has 1 heteroatoms. The highest BCUT2D eigenvalue weighted by Crippen LogP contribution is 2.34. The van der Waals surface area contributed by atoms with Crippen LogP contribution in [-0.2, 0) is 0 Å². The molecule has 1 fully saturated rings. The maximum atomic E-state index is 3.82. The standard InChI is InChI=1S/C17H27N/c1-5-16(11-15-8-9-15)18-14(4)17-10-12(2)6-7-13(17)3/h6-7,10,14-16,18H,5,8-9,11H2,1-4H3. The molecule has 0 amide bonds. The molecular weight excluding hydrogens is 218 g/mol. The number of benzene rings is 1. The van der Waals surface area contributed by atoms with Gasteiger partial charge in [-0.25, -0.2) is 0 Å². The molecule has 0 aliphatic heterocycles. The van der Waals surface area contributed by atoms with Gasteiger partial charge < -0.3 is 5.32 Å². The Labute approximate surface area is 112 Å². The van der Waals surface area contributed by atoms with Crippen molar-refractivity contribution in [1.82, 2.24) is 5.32 Å². The van der Waals surface area contributed by atoms with Gasteiger partial charge >= 0.3 is 0 Å². The molecule has 1 saturated carbocycles. The van der Waals surface area contributed by atoms with Crippen molar-refractivity contribution in [3.05, 3.63) is 34.9 Å². The summed E-state index contributed by atoms with van der Waals surface area (Å²) in [5.74, 6) is 1.01. The first-order valence-corrected chi connectivity index (χ1v) is 7.43. The van der Waals surface area contributed by atoms with Gasteiger partial charge in [-0.2, -0.15) is 0 Å². The molecule has 100 valence electrons. The van der Waals surface area contributed by atoms with Crippen molar-refractivity contribution in [2.24, 2.45) is 5.92 Å². The third kappa shape index (κ3) is 3.58. The molecule has 0 spiro atoms. The van der Waals surface area contributed by atoms with Crippen LogP contribution in [0, 0.1) is 19.8 Å². The Morgan fingerprint density at radius 2 is 2.00 bits per heavy atom. The van der Waals surface area contributed by atoms with Gasteiger partial charge in [0.25, 0.3) is 0 Å². The van der Waals surface area contributed by atoms with Crippen LogP contribution < -0.4 is 5.32 Å². The lowest BCUT2D eigenvalue weighted by atomic mass is 9.98. The number of hydrogen-bond acceptors (Lipinski definition) is 1. The SMILES string of the molecule is CCC(CC1CC1)NC(C)c1cc(C)ccc1C. The van der Waals surface area contributed by atoms with E-state index in [2.05, 4.69) is 51.2 Å². The summed E-state index contributed by atoms with van der Waals surface area (Å²) >= 11 is 0. The lowest BCUT2D eigenvalue weighted by Gasteiger charge is -2.24. The van der Waals surface area contributed by atoms with Crippen LogP contribution in [-0.4, -0.2) is 6.04 Å². The Morgan fingerprint density at radius 1 is 1.28 bits per heavy atom. The maximum absolute atomic E-state index is 3.82. The highest BCUT2D eigenvalue weighted by Gasteiger charge is 2.25. The van der Waals surface area contributed by atoms with Gasteiger partial charge in [0.1, 0.15) is 0 Å². The molecule has 1 nitrogen and oxygen atoms in total. The van der Waals surface area contributed by atoms with E-state index in [9.17, 15) is 0 Å². The van der Waals surface area contributed by atoms with E-state index in [-0.39, 0.29) is 0 Å². The second-order valence-electron chi connectivity index (χ2n) is 6.03. The van der Waals surface area contributed by atoms with Gasteiger partial charge in [-0.05, 0) is 50.7 Å². The van der Waals surface area contributed by atoms with Crippen molar-refractivity contribution >= 4 is 0 Å². The van der Waals surface area contributed by atoms with E-state index in [0.29, 0.717) is 12.1 Å². The van der Waals surface area contributed by atoms with Crippen LogP contribution in [0.15, 0.2) is 18.2 Å². The molecule has 1 N–H and O–H groups in total. The van der Waals surface area contributed by atoms with E-state index in [0.717, 1.165) is 5.92 Å². The monoisotopic (exact) mass is 245 g/mol. The van der Waals surface area contributed by atoms with Crippen molar-refractivity contribution in [2.45, 2.75) is 65.5 Å². The number of rotatable bonds is 6. The average molecular weight is 245 g/mol. The highest BCUT2D eigenvalue weighted by molar-refractivity contribution is 5.32. The zero-order valence-corrected chi connectivity index (χ0v) is 12.3. The molecule has 1 aromatic rings. The Balaban J connectivity index is 2.00. The second kappa shape index (κ2) is 5.88. The summed E-state index contributed by atoms with van der Waals surface area (Å²) in [6.07, 6.45) is 5.52. The normalized spacial score (nSPS) is 18.7. The van der Waals surface area contributed by atoms with Crippen molar-refractivity contribution in [3.63, 3.8) is 0 Å². The first-order chi connectivity index (χ1) is 8.60. The quantitative estimate of drug-likeness (QED) is 0.776. The minimum atomic E-state index is 0.466. The van der Waals surface area contributed by atoms with Crippen molar-refractivity contribution in [1.29, 1.82) is 0 Å². The molecule has 0 saturated heterocycles. The lowest BCUT2D eigenvalue weighted by Crippen LogP contribution is -2.31. The maximum Gasteiger partial charge on any atom is 0.0297 e. The van der Waals surface area contributed by atoms with Crippen molar-refractivity contribution in [2.75, 3.05) is 0 Å². The highest BCUT2D eigenvalue weighted by atomic mass is 14.9. The zero-order valence-electron chi connectivity index (χ0n) is 12.3. The van der Waals surface area contributed by atoms with Gasteiger partial charge in [0.05, 0.1) is 0 Å². The van der Waals surface area contributed by atoms with Crippen LogP contribution in [0.3, 0.4) is 0 Å². The summed E-state index contributed by atoms with van der Waals surface area (Å²) in [6.45, 7) is 9.00. The minimum absolute atomic E-state index is 0.466. The summed E-state index contributed by atoms with van der Waals surface area (Å²) in [5, 5.41) is 3.82. The predicted molar refractivity (Wildman–Crippen MR) is 78.9 cm³/mol. The summed E-state index contributed by atoms with van der Waals surface area (Å²) in [5.41, 5.74) is 4.23. The summed E-state index contributed by atoms with van der Waals surface area (Å²) in [6, 6.07) is 7.93. The van der Waals surface area contributed by atoms with Crippen LogP contribution in [0.5, 0.6) is 0 Å². The van der Waals surface area contributed by atoms with E-state index in [1.54, 1.807) is 0 Å². The molecule has 0 radical (unpaired) electrons. The number of aryl methyl sites for hydroxylation is 2. The largest absolute Gasteiger partial charge is 0.307 e. The minimum Gasteiger partial charge on any atom is -0.307 e. The predicted octanol–water partition coefficient (Wildman–Crippen LogP) is 4.53. The molecule has 1 aliphatic carbocycles. The van der Waals surface area contributed by atoms with Crippen molar-refractivity contribution < 1.29 is 0 Å². The molecule has 0 heterocycles. The summed E-state index contributed by atoms with van der Waals surface area (Å²) < 4.78 is 0. The third-order valence-corrected chi connectivity index (χ3v) is 4.19. The van der Waals surface area contributed by atoms with E-state index in [4.69, 9.17) is 0 Å². The van der Waals surface area contributed by atoms with Crippen LogP contribution in [0.1, 0.15) is 62.3 Å². The first-order valence-electron chi connectivity index (χ1n) is 7.43. The van der Waals surface area contributed by atoms with Gasteiger partial charge in [0.2, 0.25) is 0 Å². The van der Waals surface area contributed by atoms with Gasteiger partial charge in [-0.1, -0.05) is 43.5 Å². The molecular formula is C17H27N. The zero-order chi connectivity index (χ0) is 13.1. The molecule has 2 atom stereocenters. The van der Waals surface area contributed by atoms with E-state index in [1.807, 2.05) is 0 Å². The molecule has 2 unspecified atom stereocenters. The lowest BCUT2D eigenvalue weighted by molar-refractivity contribution is 0.403. The summed E-state index contributed by atoms with van der Waals surface area (Å²) in [7, 11) is 0. The average Bonchev–Trinajstić information content (AvgIpc) is 3.15. The van der Waals surface area contributed by atoms with Crippen LogP contribution in [0.2, 0.25) is 0 Å². The smallest absolute Gasteiger partial charge is 0.0297 e. The van der Waals surface area contributed by atoms with E-state index < -0.39 is 0 Å². The van der Waals surface area contributed by atoms with Gasteiger partial charge in [-0.3, -0.25) is 0 Å². The van der Waals surface area contributed by atoms with Crippen LogP contribution in [0.4, 0.5) is 0 Å². The molecule has 0 aromatic heterocycles. The molecule has 0 bridgehead atoms. The number of nitrogens with one attached hydrogen (secondary N) is 1. The Bertz CT molecular complexity index is 393. The molecule has 1 aliphatic rings. The fraction of sp³-hybridized carbons (Fsp3) is 0.647. The Hall–Kier alpha value is -0.820. The van der Waals surface area contributed by atoms with Gasteiger partial charge in [0.15, 0.2) is 0 Å².